The Hall–Kier alpha value is -2.11. The largest absolute Gasteiger partial charge is 0.381 e. The van der Waals surface area contributed by atoms with E-state index in [9.17, 15) is 0 Å². The van der Waals surface area contributed by atoms with E-state index in [1.807, 2.05) is 20.8 Å². The van der Waals surface area contributed by atoms with Crippen LogP contribution in [-0.4, -0.2) is 15.1 Å². The number of nitrogens with zero attached hydrogens (tertiary/aromatic N) is 3. The molecule has 0 saturated heterocycles. The molecule has 0 aromatic carbocycles. The van der Waals surface area contributed by atoms with Crippen LogP contribution in [0.2, 0.25) is 0 Å². The first-order valence-corrected chi connectivity index (χ1v) is 5.35. The van der Waals surface area contributed by atoms with Crippen molar-refractivity contribution in [1.29, 1.82) is 0 Å². The minimum Gasteiger partial charge on any atom is -0.381 e. The van der Waals surface area contributed by atoms with Crippen LogP contribution in [-0.2, 0) is 0 Å². The summed E-state index contributed by atoms with van der Waals surface area (Å²) in [6, 6.07) is 0.0141. The molecule has 2 aromatic heterocycles. The van der Waals surface area contributed by atoms with Gasteiger partial charge in [0.05, 0.1) is 11.7 Å². The molecule has 1 unspecified atom stereocenters. The average Bonchev–Trinajstić information content (AvgIpc) is 2.62. The summed E-state index contributed by atoms with van der Waals surface area (Å²) in [6.07, 6.45) is 3.15. The Bertz CT molecular complexity index is 503. The molecule has 90 valence electrons. The Kier molecular flexibility index (Phi) is 2.95. The summed E-state index contributed by atoms with van der Waals surface area (Å²) in [4.78, 5) is 8.11. The second kappa shape index (κ2) is 4.40. The van der Waals surface area contributed by atoms with Crippen molar-refractivity contribution < 1.29 is 4.52 Å². The lowest BCUT2D eigenvalue weighted by atomic mass is 10.1. The maximum absolute atomic E-state index is 5.72. The van der Waals surface area contributed by atoms with Crippen molar-refractivity contribution in [3.63, 3.8) is 0 Å². The fourth-order valence-corrected chi connectivity index (χ4v) is 1.85. The van der Waals surface area contributed by atoms with Gasteiger partial charge < -0.3 is 15.6 Å². The lowest BCUT2D eigenvalue weighted by molar-refractivity contribution is 0.392. The molecule has 0 fully saturated rings. The molecule has 0 amide bonds. The van der Waals surface area contributed by atoms with Gasteiger partial charge in [-0.2, -0.15) is 0 Å². The fourth-order valence-electron chi connectivity index (χ4n) is 1.85. The maximum atomic E-state index is 5.72. The molecular formula is C11H15N5O. The topological polar surface area (TPSA) is 89.9 Å². The summed E-state index contributed by atoms with van der Waals surface area (Å²) >= 11 is 0. The van der Waals surface area contributed by atoms with Gasteiger partial charge in [-0.05, 0) is 20.8 Å². The third-order valence-electron chi connectivity index (χ3n) is 2.60. The van der Waals surface area contributed by atoms with Crippen LogP contribution in [0.5, 0.6) is 0 Å². The molecule has 0 aliphatic carbocycles. The van der Waals surface area contributed by atoms with Crippen molar-refractivity contribution in [1.82, 2.24) is 15.1 Å². The number of rotatable bonds is 3. The summed E-state index contributed by atoms with van der Waals surface area (Å²) in [5.41, 5.74) is 7.61. The number of aryl methyl sites for hydroxylation is 2. The highest BCUT2D eigenvalue weighted by molar-refractivity contribution is 5.56. The van der Waals surface area contributed by atoms with Gasteiger partial charge in [-0.15, -0.1) is 0 Å². The highest BCUT2D eigenvalue weighted by Crippen LogP contribution is 2.25. The van der Waals surface area contributed by atoms with Gasteiger partial charge in [-0.3, -0.25) is 0 Å². The van der Waals surface area contributed by atoms with Gasteiger partial charge in [0.15, 0.2) is 11.6 Å². The van der Waals surface area contributed by atoms with E-state index in [-0.39, 0.29) is 6.04 Å². The van der Waals surface area contributed by atoms with Crippen LogP contribution in [0.15, 0.2) is 16.9 Å². The Labute approximate surface area is 99.2 Å². The van der Waals surface area contributed by atoms with Crippen LogP contribution in [0.25, 0.3) is 0 Å². The van der Waals surface area contributed by atoms with Gasteiger partial charge in [0.25, 0.3) is 0 Å². The lowest BCUT2D eigenvalue weighted by Crippen LogP contribution is -2.11. The van der Waals surface area contributed by atoms with E-state index in [4.69, 9.17) is 10.3 Å². The molecule has 0 aliphatic heterocycles. The molecule has 0 bridgehead atoms. The van der Waals surface area contributed by atoms with Gasteiger partial charge in [0.1, 0.15) is 5.76 Å². The molecule has 17 heavy (non-hydrogen) atoms. The highest BCUT2D eigenvalue weighted by Gasteiger charge is 2.17. The zero-order valence-electron chi connectivity index (χ0n) is 10.1. The lowest BCUT2D eigenvalue weighted by Gasteiger charge is -2.14. The molecule has 2 aromatic rings. The Morgan fingerprint density at radius 3 is 2.59 bits per heavy atom. The van der Waals surface area contributed by atoms with Crippen molar-refractivity contribution in [2.45, 2.75) is 26.8 Å². The zero-order valence-corrected chi connectivity index (χ0v) is 10.1. The normalized spacial score (nSPS) is 12.4. The second-order valence-corrected chi connectivity index (χ2v) is 3.89. The van der Waals surface area contributed by atoms with Crippen molar-refractivity contribution in [2.24, 2.45) is 0 Å². The number of nitrogens with two attached hydrogens (primary N) is 1. The Morgan fingerprint density at radius 1 is 1.29 bits per heavy atom. The number of hydrogen-bond donors (Lipinski definition) is 2. The molecule has 6 heteroatoms. The predicted octanol–water partition coefficient (Wildman–Crippen LogP) is 1.84. The minimum atomic E-state index is 0.0141. The SMILES string of the molecule is Cc1noc(C)c1C(C)Nc1nccnc1N. The first kappa shape index (κ1) is 11.4. The van der Waals surface area contributed by atoms with Crippen molar-refractivity contribution in [3.05, 3.63) is 29.4 Å². The van der Waals surface area contributed by atoms with Crippen LogP contribution in [0.4, 0.5) is 11.6 Å². The smallest absolute Gasteiger partial charge is 0.169 e. The molecule has 2 rings (SSSR count). The molecule has 0 saturated carbocycles. The summed E-state index contributed by atoms with van der Waals surface area (Å²) in [5, 5.41) is 7.11. The van der Waals surface area contributed by atoms with Crippen molar-refractivity contribution >= 4 is 11.6 Å². The fraction of sp³-hybridized carbons (Fsp3) is 0.364. The van der Waals surface area contributed by atoms with Crippen LogP contribution >= 0.6 is 0 Å². The van der Waals surface area contributed by atoms with Gasteiger partial charge in [0.2, 0.25) is 0 Å². The van der Waals surface area contributed by atoms with Gasteiger partial charge in [-0.1, -0.05) is 5.16 Å². The van der Waals surface area contributed by atoms with E-state index < -0.39 is 0 Å². The van der Waals surface area contributed by atoms with Crippen LogP contribution in [0.3, 0.4) is 0 Å². The maximum Gasteiger partial charge on any atom is 0.169 e. The standard InChI is InChI=1S/C11H15N5O/c1-6(9-7(2)16-17-8(9)3)15-11-10(12)13-4-5-14-11/h4-6H,1-3H3,(H2,12,13)(H,14,15). The molecule has 0 aliphatic rings. The molecule has 3 N–H and O–H groups in total. The van der Waals surface area contributed by atoms with Gasteiger partial charge >= 0.3 is 0 Å². The van der Waals surface area contributed by atoms with Crippen LogP contribution in [0.1, 0.15) is 30.0 Å². The third-order valence-corrected chi connectivity index (χ3v) is 2.60. The first-order chi connectivity index (χ1) is 8.09. The third kappa shape index (κ3) is 2.20. The van der Waals surface area contributed by atoms with Crippen molar-refractivity contribution in [2.75, 3.05) is 11.1 Å². The predicted molar refractivity (Wildman–Crippen MR) is 64.5 cm³/mol. The van der Waals surface area contributed by atoms with Gasteiger partial charge in [-0.25, -0.2) is 9.97 Å². The number of nitrogen functional groups attached to an aromatic ring is 1. The van der Waals surface area contributed by atoms with E-state index in [1.54, 1.807) is 12.4 Å². The van der Waals surface area contributed by atoms with Crippen LogP contribution in [0, 0.1) is 13.8 Å². The van der Waals surface area contributed by atoms with E-state index >= 15 is 0 Å². The summed E-state index contributed by atoms with van der Waals surface area (Å²) in [6.45, 7) is 5.79. The van der Waals surface area contributed by atoms with E-state index in [0.717, 1.165) is 17.0 Å². The molecule has 6 nitrogen and oxygen atoms in total. The number of hydrogen-bond acceptors (Lipinski definition) is 6. The summed E-state index contributed by atoms with van der Waals surface area (Å²) in [7, 11) is 0. The van der Waals surface area contributed by atoms with Crippen molar-refractivity contribution in [3.8, 4) is 0 Å². The second-order valence-electron chi connectivity index (χ2n) is 3.89. The quantitative estimate of drug-likeness (QED) is 0.840. The molecule has 0 radical (unpaired) electrons. The molecule has 0 spiro atoms. The average molecular weight is 233 g/mol. The molecular weight excluding hydrogens is 218 g/mol. The Morgan fingerprint density at radius 2 is 2.00 bits per heavy atom. The monoisotopic (exact) mass is 233 g/mol. The number of aromatic nitrogens is 3. The zero-order chi connectivity index (χ0) is 12.4. The minimum absolute atomic E-state index is 0.0141. The summed E-state index contributed by atoms with van der Waals surface area (Å²) < 4.78 is 5.13. The van der Waals surface area contributed by atoms with Crippen LogP contribution < -0.4 is 11.1 Å². The van der Waals surface area contributed by atoms with E-state index in [1.165, 1.54) is 0 Å². The molecule has 2 heterocycles. The number of anilines is 2. The summed E-state index contributed by atoms with van der Waals surface area (Å²) in [5.74, 6) is 1.75. The van der Waals surface area contributed by atoms with E-state index in [2.05, 4.69) is 20.4 Å². The first-order valence-electron chi connectivity index (χ1n) is 5.35. The molecule has 1 atom stereocenters. The Balaban J connectivity index is 2.23. The highest BCUT2D eigenvalue weighted by atomic mass is 16.5. The van der Waals surface area contributed by atoms with Gasteiger partial charge in [0, 0.05) is 18.0 Å². The van der Waals surface area contributed by atoms with E-state index in [0.29, 0.717) is 11.6 Å². The number of nitrogens with one attached hydrogen (secondary N) is 1.